The maximum atomic E-state index is 12.3. The lowest BCUT2D eigenvalue weighted by atomic mass is 9.84. The Morgan fingerprint density at radius 1 is 1.16 bits per heavy atom. The molecule has 0 unspecified atom stereocenters. The van der Waals surface area contributed by atoms with Crippen molar-refractivity contribution in [1.29, 1.82) is 0 Å². The number of benzene rings is 1. The molecule has 1 aromatic rings. The van der Waals surface area contributed by atoms with Crippen LogP contribution in [-0.4, -0.2) is 43.0 Å². The molecule has 1 aromatic carbocycles. The summed E-state index contributed by atoms with van der Waals surface area (Å²) >= 11 is 0. The Labute approximate surface area is 149 Å². The smallest absolute Gasteiger partial charge is 0.225 e. The lowest BCUT2D eigenvalue weighted by molar-refractivity contribution is -0.139. The number of carbonyl (C=O) groups excluding carboxylic acids is 2. The topological polar surface area (TPSA) is 58.6 Å². The van der Waals surface area contributed by atoms with Crippen molar-refractivity contribution >= 4 is 11.8 Å². The number of nitrogens with one attached hydrogen (secondary N) is 1. The van der Waals surface area contributed by atoms with E-state index in [1.807, 2.05) is 29.2 Å². The Bertz CT molecular complexity index is 605. The molecule has 0 radical (unpaired) electrons. The van der Waals surface area contributed by atoms with Crippen molar-refractivity contribution in [3.63, 3.8) is 0 Å². The van der Waals surface area contributed by atoms with Gasteiger partial charge >= 0.3 is 0 Å². The predicted molar refractivity (Wildman–Crippen MR) is 96.4 cm³/mol. The molecule has 25 heavy (non-hydrogen) atoms. The zero-order chi connectivity index (χ0) is 17.6. The van der Waals surface area contributed by atoms with Crippen LogP contribution >= 0.6 is 0 Å². The van der Waals surface area contributed by atoms with Crippen molar-refractivity contribution in [1.82, 2.24) is 10.2 Å². The second-order valence-electron chi connectivity index (χ2n) is 7.11. The molecule has 5 heteroatoms. The summed E-state index contributed by atoms with van der Waals surface area (Å²) in [5.74, 6) is 1.51. The number of aryl methyl sites for hydroxylation is 1. The van der Waals surface area contributed by atoms with Crippen LogP contribution in [0.15, 0.2) is 24.3 Å². The number of likely N-dealkylation sites (tertiary alicyclic amines) is 1. The van der Waals surface area contributed by atoms with Crippen LogP contribution in [0.3, 0.4) is 0 Å². The number of amides is 2. The summed E-state index contributed by atoms with van der Waals surface area (Å²) in [7, 11) is 1.65. The van der Waals surface area contributed by atoms with Gasteiger partial charge in [0.15, 0.2) is 0 Å². The van der Waals surface area contributed by atoms with Crippen LogP contribution in [0.25, 0.3) is 0 Å². The minimum Gasteiger partial charge on any atom is -0.496 e. The number of carbonyl (C=O) groups is 2. The molecule has 5 nitrogen and oxygen atoms in total. The Morgan fingerprint density at radius 3 is 2.52 bits per heavy atom. The summed E-state index contributed by atoms with van der Waals surface area (Å²) < 4.78 is 5.33. The van der Waals surface area contributed by atoms with Crippen LogP contribution in [0.4, 0.5) is 0 Å². The fraction of sp³-hybridized carbons (Fsp3) is 0.600. The first-order chi connectivity index (χ1) is 12.2. The van der Waals surface area contributed by atoms with Crippen LogP contribution in [0.1, 0.15) is 44.1 Å². The largest absolute Gasteiger partial charge is 0.496 e. The Kier molecular flexibility index (Phi) is 5.95. The number of rotatable bonds is 6. The van der Waals surface area contributed by atoms with Crippen molar-refractivity contribution in [3.8, 4) is 5.75 Å². The molecule has 2 amide bonds. The van der Waals surface area contributed by atoms with Crippen molar-refractivity contribution < 1.29 is 14.3 Å². The monoisotopic (exact) mass is 344 g/mol. The van der Waals surface area contributed by atoms with Gasteiger partial charge in [-0.3, -0.25) is 9.59 Å². The van der Waals surface area contributed by atoms with E-state index in [1.165, 1.54) is 6.42 Å². The zero-order valence-electron chi connectivity index (χ0n) is 15.0. The molecule has 0 atom stereocenters. The summed E-state index contributed by atoms with van der Waals surface area (Å²) in [5, 5.41) is 3.13. The maximum absolute atomic E-state index is 12.3. The van der Waals surface area contributed by atoms with Gasteiger partial charge in [-0.05, 0) is 43.7 Å². The van der Waals surface area contributed by atoms with Gasteiger partial charge in [-0.25, -0.2) is 0 Å². The first-order valence-electron chi connectivity index (χ1n) is 9.37. The Hall–Kier alpha value is -2.04. The molecule has 136 valence electrons. The minimum absolute atomic E-state index is 0.0784. The molecule has 1 aliphatic heterocycles. The summed E-state index contributed by atoms with van der Waals surface area (Å²) in [6.07, 6.45) is 6.15. The predicted octanol–water partition coefficient (Wildman–Crippen LogP) is 2.54. The van der Waals surface area contributed by atoms with Crippen LogP contribution in [0.5, 0.6) is 5.75 Å². The van der Waals surface area contributed by atoms with Gasteiger partial charge < -0.3 is 15.0 Å². The van der Waals surface area contributed by atoms with Gasteiger partial charge in [0.1, 0.15) is 5.75 Å². The van der Waals surface area contributed by atoms with Gasteiger partial charge in [0.25, 0.3) is 0 Å². The van der Waals surface area contributed by atoms with Crippen molar-refractivity contribution in [2.75, 3.05) is 20.2 Å². The van der Waals surface area contributed by atoms with Crippen LogP contribution in [0.2, 0.25) is 0 Å². The van der Waals surface area contributed by atoms with Crippen molar-refractivity contribution in [2.24, 2.45) is 5.92 Å². The molecule has 1 heterocycles. The number of hydrogen-bond donors (Lipinski definition) is 1. The average molecular weight is 344 g/mol. The summed E-state index contributed by atoms with van der Waals surface area (Å²) in [5.41, 5.74) is 1.06. The van der Waals surface area contributed by atoms with Crippen LogP contribution in [-0.2, 0) is 16.0 Å². The van der Waals surface area contributed by atoms with Crippen molar-refractivity contribution in [3.05, 3.63) is 29.8 Å². The van der Waals surface area contributed by atoms with Gasteiger partial charge in [-0.1, -0.05) is 24.6 Å². The van der Waals surface area contributed by atoms with E-state index in [4.69, 9.17) is 4.74 Å². The van der Waals surface area contributed by atoms with E-state index < -0.39 is 0 Å². The highest BCUT2D eigenvalue weighted by Crippen LogP contribution is 2.29. The molecule has 1 aliphatic carbocycles. The second kappa shape index (κ2) is 8.37. The highest BCUT2D eigenvalue weighted by atomic mass is 16.5. The fourth-order valence-electron chi connectivity index (χ4n) is 3.62. The van der Waals surface area contributed by atoms with Gasteiger partial charge in [0.05, 0.1) is 7.11 Å². The van der Waals surface area contributed by atoms with Crippen LogP contribution < -0.4 is 10.1 Å². The summed E-state index contributed by atoms with van der Waals surface area (Å²) in [6, 6.07) is 8.00. The van der Waals surface area contributed by atoms with Gasteiger partial charge in [0, 0.05) is 31.5 Å². The van der Waals surface area contributed by atoms with E-state index in [2.05, 4.69) is 5.32 Å². The van der Waals surface area contributed by atoms with Gasteiger partial charge in [-0.15, -0.1) is 0 Å². The number of nitrogens with zero attached hydrogens (tertiary/aromatic N) is 1. The zero-order valence-corrected chi connectivity index (χ0v) is 15.0. The fourth-order valence-corrected chi connectivity index (χ4v) is 3.62. The maximum Gasteiger partial charge on any atom is 0.225 e. The number of piperidine rings is 1. The lowest BCUT2D eigenvalue weighted by Gasteiger charge is -2.36. The molecule has 0 bridgehead atoms. The highest BCUT2D eigenvalue weighted by molar-refractivity contribution is 5.80. The molecule has 3 rings (SSSR count). The van der Waals surface area contributed by atoms with E-state index in [0.29, 0.717) is 18.7 Å². The molecule has 1 saturated heterocycles. The molecule has 1 N–H and O–H groups in total. The molecule has 2 aliphatic rings. The van der Waals surface area contributed by atoms with Crippen LogP contribution in [0, 0.1) is 5.92 Å². The number of ether oxygens (including phenoxy) is 1. The SMILES string of the molecule is COc1ccccc1CCC(=O)NC1CCN(C(=O)C2CCC2)CC1. The second-order valence-corrected chi connectivity index (χ2v) is 7.11. The standard InChI is InChI=1S/C20H28N2O3/c1-25-18-8-3-2-5-15(18)9-10-19(23)21-17-11-13-22(14-12-17)20(24)16-6-4-7-16/h2-3,5,8,16-17H,4,6-7,9-14H2,1H3,(H,21,23). The normalized spacial score (nSPS) is 18.5. The third-order valence-electron chi connectivity index (χ3n) is 5.44. The molecule has 0 spiro atoms. The van der Waals surface area contributed by atoms with Crippen molar-refractivity contribution in [2.45, 2.75) is 51.0 Å². The lowest BCUT2D eigenvalue weighted by Crippen LogP contribution is -2.48. The molecular formula is C20H28N2O3. The van der Waals surface area contributed by atoms with Gasteiger partial charge in [-0.2, -0.15) is 0 Å². The van der Waals surface area contributed by atoms with E-state index in [-0.39, 0.29) is 17.9 Å². The number of para-hydroxylation sites is 1. The molecule has 0 aromatic heterocycles. The van der Waals surface area contributed by atoms with E-state index >= 15 is 0 Å². The summed E-state index contributed by atoms with van der Waals surface area (Å²) in [6.45, 7) is 1.54. The highest BCUT2D eigenvalue weighted by Gasteiger charge is 2.31. The number of methoxy groups -OCH3 is 1. The minimum atomic E-state index is 0.0784. The average Bonchev–Trinajstić information content (AvgIpc) is 2.59. The Morgan fingerprint density at radius 2 is 1.88 bits per heavy atom. The summed E-state index contributed by atoms with van der Waals surface area (Å²) in [4.78, 5) is 26.5. The molecule has 2 fully saturated rings. The first-order valence-corrected chi connectivity index (χ1v) is 9.37. The Balaban J connectivity index is 1.39. The number of hydrogen-bond acceptors (Lipinski definition) is 3. The third-order valence-corrected chi connectivity index (χ3v) is 5.44. The quantitative estimate of drug-likeness (QED) is 0.863. The van der Waals surface area contributed by atoms with Gasteiger partial charge in [0.2, 0.25) is 11.8 Å². The first kappa shape index (κ1) is 17.8. The third kappa shape index (κ3) is 4.53. The van der Waals surface area contributed by atoms with E-state index in [9.17, 15) is 9.59 Å². The van der Waals surface area contributed by atoms with E-state index in [1.54, 1.807) is 7.11 Å². The molecule has 1 saturated carbocycles. The molecular weight excluding hydrogens is 316 g/mol. The van der Waals surface area contributed by atoms with E-state index in [0.717, 1.165) is 50.1 Å².